The molecule has 0 radical (unpaired) electrons. The van der Waals surface area contributed by atoms with Crippen LogP contribution in [-0.4, -0.2) is 20.2 Å². The van der Waals surface area contributed by atoms with Gasteiger partial charge in [0.1, 0.15) is 5.69 Å². The van der Waals surface area contributed by atoms with Gasteiger partial charge in [-0.25, -0.2) is 0 Å². The lowest BCUT2D eigenvalue weighted by molar-refractivity contribution is -0.0461. The summed E-state index contributed by atoms with van der Waals surface area (Å²) in [6.07, 6.45) is 2.64. The van der Waals surface area contributed by atoms with Gasteiger partial charge in [-0.15, -0.1) is 0 Å². The molecule has 0 spiro atoms. The van der Waals surface area contributed by atoms with Crippen LogP contribution in [0.3, 0.4) is 0 Å². The van der Waals surface area contributed by atoms with E-state index in [0.29, 0.717) is 0 Å². The Kier molecular flexibility index (Phi) is 1.72. The third-order valence-electron chi connectivity index (χ3n) is 0.848. The summed E-state index contributed by atoms with van der Waals surface area (Å²) in [6.45, 7) is 0. The maximum atomic E-state index is 8.48. The normalized spacial score (nSPS) is 10.1. The van der Waals surface area contributed by atoms with Gasteiger partial charge in [0.05, 0.1) is 6.20 Å². The van der Waals surface area contributed by atoms with Crippen molar-refractivity contribution in [3.8, 4) is 0 Å². The van der Waals surface area contributed by atoms with Crippen LogP contribution in [0.15, 0.2) is 18.6 Å². The number of aliphatic hydroxyl groups excluding tert-OH is 1. The highest BCUT2D eigenvalue weighted by atomic mass is 16.5. The van der Waals surface area contributed by atoms with E-state index in [1.165, 1.54) is 18.6 Å². The van der Waals surface area contributed by atoms with E-state index in [2.05, 4.69) is 9.97 Å². The Hall–Kier alpha value is -1.00. The first kappa shape index (κ1) is 6.12. The van der Waals surface area contributed by atoms with E-state index < -0.39 is 6.29 Å². The molecule has 0 unspecified atom stereocenters. The predicted molar refractivity (Wildman–Crippen MR) is 29.2 cm³/mol. The van der Waals surface area contributed by atoms with Gasteiger partial charge in [0, 0.05) is 12.4 Å². The average Bonchev–Trinajstić information content (AvgIpc) is 1.90. The Labute approximate surface area is 51.8 Å². The second-order valence-electron chi connectivity index (χ2n) is 1.50. The number of nitrogens with zero attached hydrogens (tertiary/aromatic N) is 2. The molecule has 0 fully saturated rings. The van der Waals surface area contributed by atoms with Crippen LogP contribution in [0, 0.1) is 0 Å². The molecule has 0 saturated carbocycles. The van der Waals surface area contributed by atoms with Crippen LogP contribution in [0.2, 0.25) is 0 Å². The van der Waals surface area contributed by atoms with E-state index in [0.717, 1.165) is 0 Å². The van der Waals surface area contributed by atoms with E-state index in [1.807, 2.05) is 0 Å². The standard InChI is InChI=1S/C5H6N2O2/c8-5(9)4-3-6-1-2-7-4/h1-3,5,8-9H. The minimum atomic E-state index is -1.52. The van der Waals surface area contributed by atoms with E-state index in [1.54, 1.807) is 0 Å². The van der Waals surface area contributed by atoms with Crippen LogP contribution in [0.1, 0.15) is 12.0 Å². The summed E-state index contributed by atoms with van der Waals surface area (Å²) in [6, 6.07) is 0. The number of hydrogen-bond donors (Lipinski definition) is 2. The smallest absolute Gasteiger partial charge is 0.197 e. The van der Waals surface area contributed by atoms with Gasteiger partial charge in [0.15, 0.2) is 6.29 Å². The molecule has 1 rings (SSSR count). The van der Waals surface area contributed by atoms with Crippen molar-refractivity contribution in [2.45, 2.75) is 6.29 Å². The van der Waals surface area contributed by atoms with Gasteiger partial charge in [-0.2, -0.15) is 0 Å². The third kappa shape index (κ3) is 1.45. The molecule has 0 aliphatic rings. The summed E-state index contributed by atoms with van der Waals surface area (Å²) in [7, 11) is 0. The van der Waals surface area contributed by atoms with Gasteiger partial charge in [0.25, 0.3) is 0 Å². The molecule has 0 aliphatic heterocycles. The predicted octanol–water partition coefficient (Wildman–Crippen LogP) is -0.540. The molecule has 4 heteroatoms. The van der Waals surface area contributed by atoms with Crippen LogP contribution in [-0.2, 0) is 0 Å². The van der Waals surface area contributed by atoms with Crippen molar-refractivity contribution >= 4 is 0 Å². The number of hydrogen-bond acceptors (Lipinski definition) is 4. The first-order valence-electron chi connectivity index (χ1n) is 2.43. The summed E-state index contributed by atoms with van der Waals surface area (Å²) in [5.41, 5.74) is 0.164. The first-order chi connectivity index (χ1) is 4.30. The fraction of sp³-hybridized carbons (Fsp3) is 0.200. The molecule has 1 heterocycles. The topological polar surface area (TPSA) is 66.2 Å². The minimum absolute atomic E-state index is 0.164. The quantitative estimate of drug-likeness (QED) is 0.496. The maximum absolute atomic E-state index is 8.48. The lowest BCUT2D eigenvalue weighted by atomic mass is 10.4. The van der Waals surface area contributed by atoms with Crippen LogP contribution in [0.5, 0.6) is 0 Å². The molecule has 4 nitrogen and oxygen atoms in total. The van der Waals surface area contributed by atoms with E-state index in [4.69, 9.17) is 10.2 Å². The van der Waals surface area contributed by atoms with Crippen LogP contribution >= 0.6 is 0 Å². The molecule has 48 valence electrons. The molecule has 1 aromatic heterocycles. The Morgan fingerprint density at radius 3 is 2.44 bits per heavy atom. The molecule has 0 aromatic carbocycles. The summed E-state index contributed by atoms with van der Waals surface area (Å²) in [5, 5.41) is 17.0. The molecular weight excluding hydrogens is 120 g/mol. The monoisotopic (exact) mass is 126 g/mol. The zero-order chi connectivity index (χ0) is 6.69. The zero-order valence-corrected chi connectivity index (χ0v) is 4.60. The summed E-state index contributed by atoms with van der Waals surface area (Å²) < 4.78 is 0. The molecule has 2 N–H and O–H groups in total. The van der Waals surface area contributed by atoms with Gasteiger partial charge in [-0.3, -0.25) is 9.97 Å². The van der Waals surface area contributed by atoms with Gasteiger partial charge in [-0.05, 0) is 0 Å². The Bertz CT molecular complexity index is 176. The maximum Gasteiger partial charge on any atom is 0.197 e. The van der Waals surface area contributed by atoms with Gasteiger partial charge in [0.2, 0.25) is 0 Å². The molecule has 1 aromatic rings. The minimum Gasteiger partial charge on any atom is -0.363 e. The summed E-state index contributed by atoms with van der Waals surface area (Å²) in [4.78, 5) is 7.24. The SMILES string of the molecule is OC(O)c1cnccn1. The molecule has 0 amide bonds. The molecule has 0 saturated heterocycles. The van der Waals surface area contributed by atoms with Crippen LogP contribution < -0.4 is 0 Å². The zero-order valence-electron chi connectivity index (χ0n) is 4.60. The average molecular weight is 126 g/mol. The van der Waals surface area contributed by atoms with Crippen molar-refractivity contribution in [2.24, 2.45) is 0 Å². The fourth-order valence-corrected chi connectivity index (χ4v) is 0.444. The van der Waals surface area contributed by atoms with Crippen molar-refractivity contribution in [1.29, 1.82) is 0 Å². The van der Waals surface area contributed by atoms with Crippen LogP contribution in [0.25, 0.3) is 0 Å². The number of aromatic nitrogens is 2. The van der Waals surface area contributed by atoms with E-state index in [9.17, 15) is 0 Å². The fourth-order valence-electron chi connectivity index (χ4n) is 0.444. The highest BCUT2D eigenvalue weighted by molar-refractivity contribution is 4.94. The summed E-state index contributed by atoms with van der Waals surface area (Å²) >= 11 is 0. The van der Waals surface area contributed by atoms with Gasteiger partial charge >= 0.3 is 0 Å². The van der Waals surface area contributed by atoms with Gasteiger partial charge in [-0.1, -0.05) is 0 Å². The first-order valence-corrected chi connectivity index (χ1v) is 2.43. The second-order valence-corrected chi connectivity index (χ2v) is 1.50. The third-order valence-corrected chi connectivity index (χ3v) is 0.848. The highest BCUT2D eigenvalue weighted by Crippen LogP contribution is 2.00. The van der Waals surface area contributed by atoms with Crippen LogP contribution in [0.4, 0.5) is 0 Å². The Morgan fingerprint density at radius 1 is 1.33 bits per heavy atom. The van der Waals surface area contributed by atoms with Gasteiger partial charge < -0.3 is 10.2 Å². The molecule has 0 bridgehead atoms. The lowest BCUT2D eigenvalue weighted by Gasteiger charge is -1.97. The molecule has 9 heavy (non-hydrogen) atoms. The lowest BCUT2D eigenvalue weighted by Crippen LogP contribution is -1.97. The largest absolute Gasteiger partial charge is 0.363 e. The van der Waals surface area contributed by atoms with Crippen molar-refractivity contribution in [2.75, 3.05) is 0 Å². The molecule has 0 atom stereocenters. The van der Waals surface area contributed by atoms with Crippen molar-refractivity contribution in [3.05, 3.63) is 24.3 Å². The molecular formula is C5H6N2O2. The number of rotatable bonds is 1. The number of aliphatic hydroxyl groups is 2. The van der Waals surface area contributed by atoms with E-state index >= 15 is 0 Å². The van der Waals surface area contributed by atoms with Crippen molar-refractivity contribution in [3.63, 3.8) is 0 Å². The second kappa shape index (κ2) is 2.52. The van der Waals surface area contributed by atoms with Crippen molar-refractivity contribution < 1.29 is 10.2 Å². The Morgan fingerprint density at radius 2 is 2.11 bits per heavy atom. The highest BCUT2D eigenvalue weighted by Gasteiger charge is 2.00. The van der Waals surface area contributed by atoms with Crippen molar-refractivity contribution in [1.82, 2.24) is 9.97 Å². The Balaban J connectivity index is 2.85. The summed E-state index contributed by atoms with van der Waals surface area (Å²) in [5.74, 6) is 0. The van der Waals surface area contributed by atoms with E-state index in [-0.39, 0.29) is 5.69 Å². The molecule has 0 aliphatic carbocycles.